The molecule has 0 amide bonds. The molecule has 0 aliphatic rings. The monoisotopic (exact) mass is 456 g/mol. The topological polar surface area (TPSA) is 77.4 Å². The van der Waals surface area contributed by atoms with Crippen molar-refractivity contribution in [1.82, 2.24) is 0 Å². The van der Waals surface area contributed by atoms with Crippen molar-refractivity contribution >= 4 is 10.1 Å². The largest absolute Gasteiger partial charge is 1.00 e. The maximum absolute atomic E-state index is 11.0. The molecule has 0 aromatic heterocycles. The van der Waals surface area contributed by atoms with E-state index in [0.717, 1.165) is 32.1 Å². The third kappa shape index (κ3) is 22.1. The van der Waals surface area contributed by atoms with Gasteiger partial charge < -0.3 is 9.66 Å². The minimum Gasteiger partial charge on any atom is -0.748 e. The molecule has 0 bridgehead atoms. The summed E-state index contributed by atoms with van der Waals surface area (Å²) in [5.41, 5.74) is 0. The fraction of sp³-hybridized carbons (Fsp3) is 1.00. The molecule has 0 aromatic rings. The smallest absolute Gasteiger partial charge is 0.748 e. The molecule has 2 atom stereocenters. The van der Waals surface area contributed by atoms with Gasteiger partial charge in [-0.3, -0.25) is 0 Å². The predicted molar refractivity (Wildman–Crippen MR) is 123 cm³/mol. The maximum atomic E-state index is 11.0. The zero-order chi connectivity index (χ0) is 21.8. The van der Waals surface area contributed by atoms with Crippen LogP contribution in [0.2, 0.25) is 0 Å². The molecule has 176 valence electrons. The summed E-state index contributed by atoms with van der Waals surface area (Å²) < 4.78 is 33.1. The Labute approximate surface area is 210 Å². The average molecular weight is 457 g/mol. The van der Waals surface area contributed by atoms with Crippen LogP contribution >= 0.6 is 0 Å². The quantitative estimate of drug-likeness (QED) is 0.151. The van der Waals surface area contributed by atoms with E-state index >= 15 is 0 Å². The van der Waals surface area contributed by atoms with Crippen molar-refractivity contribution in [3.63, 3.8) is 0 Å². The van der Waals surface area contributed by atoms with E-state index in [-0.39, 0.29) is 35.7 Å². The summed E-state index contributed by atoms with van der Waals surface area (Å²) in [4.78, 5) is 0. The summed E-state index contributed by atoms with van der Waals surface area (Å²) in [5, 5.41) is 9.22. The fourth-order valence-corrected chi connectivity index (χ4v) is 4.89. The molecule has 0 aliphatic heterocycles. The molecule has 0 rings (SSSR count). The molecule has 1 N–H and O–H groups in total. The van der Waals surface area contributed by atoms with E-state index in [0.29, 0.717) is 12.8 Å². The third-order valence-corrected chi connectivity index (χ3v) is 7.45. The first kappa shape index (κ1) is 33.0. The predicted octanol–water partition coefficient (Wildman–Crippen LogP) is 4.11. The van der Waals surface area contributed by atoms with Crippen LogP contribution in [0, 0.1) is 0 Å². The number of aliphatic hydroxyl groups is 1. The number of rotatable bonds is 22. The summed E-state index contributed by atoms with van der Waals surface area (Å²) in [5.74, 6) is 0. The first-order chi connectivity index (χ1) is 13.9. The van der Waals surface area contributed by atoms with Gasteiger partial charge in [0.1, 0.15) is 0 Å². The molecule has 0 heterocycles. The Bertz CT molecular complexity index is 442. The van der Waals surface area contributed by atoms with E-state index in [2.05, 4.69) is 6.92 Å². The van der Waals surface area contributed by atoms with Gasteiger partial charge in [0.2, 0.25) is 0 Å². The van der Waals surface area contributed by atoms with Gasteiger partial charge in [-0.05, 0) is 25.7 Å². The van der Waals surface area contributed by atoms with Gasteiger partial charge in [-0.2, -0.15) is 0 Å². The van der Waals surface area contributed by atoms with Crippen LogP contribution in [-0.4, -0.2) is 29.4 Å². The zero-order valence-corrected chi connectivity index (χ0v) is 23.2. The van der Waals surface area contributed by atoms with E-state index in [4.69, 9.17) is 0 Å². The van der Waals surface area contributed by atoms with Gasteiger partial charge in [0, 0.05) is 5.25 Å². The van der Waals surface area contributed by atoms with Gasteiger partial charge in [0.05, 0.1) is 16.2 Å². The van der Waals surface area contributed by atoms with E-state index in [1.54, 1.807) is 6.92 Å². The Morgan fingerprint density at radius 1 is 0.633 bits per heavy atom. The summed E-state index contributed by atoms with van der Waals surface area (Å²) in [6.45, 7) is 3.98. The van der Waals surface area contributed by atoms with E-state index in [1.807, 2.05) is 0 Å². The van der Waals surface area contributed by atoms with E-state index < -0.39 is 15.4 Å². The Kier molecular flexibility index (Phi) is 25.4. The summed E-state index contributed by atoms with van der Waals surface area (Å²) in [6, 6.07) is 0. The second-order valence-electron chi connectivity index (χ2n) is 8.85. The van der Waals surface area contributed by atoms with E-state index in [9.17, 15) is 18.1 Å². The number of unbranched alkanes of at least 4 members (excludes halogenated alkanes) is 14. The molecule has 0 aromatic carbocycles. The van der Waals surface area contributed by atoms with Gasteiger partial charge in [-0.25, -0.2) is 8.42 Å². The first-order valence-electron chi connectivity index (χ1n) is 12.5. The summed E-state index contributed by atoms with van der Waals surface area (Å²) >= 11 is 0. The van der Waals surface area contributed by atoms with Gasteiger partial charge in [0.25, 0.3) is 0 Å². The molecule has 0 saturated carbocycles. The molecule has 6 heteroatoms. The van der Waals surface area contributed by atoms with Crippen LogP contribution in [0.15, 0.2) is 0 Å². The molecule has 0 radical (unpaired) electrons. The number of hydrogen-bond donors (Lipinski definition) is 1. The SMILES string of the molecule is CCCCCC(O)CCCCCCCCCCCCCCCC(CC)S(=O)(=O)[O-].[Na+]. The molecule has 30 heavy (non-hydrogen) atoms. The normalized spacial score (nSPS) is 13.7. The van der Waals surface area contributed by atoms with Crippen molar-refractivity contribution in [3.05, 3.63) is 0 Å². The summed E-state index contributed by atoms with van der Waals surface area (Å²) in [7, 11) is -4.10. The minimum atomic E-state index is -4.10. The van der Waals surface area contributed by atoms with Crippen molar-refractivity contribution in [3.8, 4) is 0 Å². The van der Waals surface area contributed by atoms with Crippen molar-refractivity contribution < 1.29 is 47.6 Å². The zero-order valence-electron chi connectivity index (χ0n) is 20.4. The summed E-state index contributed by atoms with van der Waals surface area (Å²) in [6.07, 6.45) is 22.4. The van der Waals surface area contributed by atoms with Crippen molar-refractivity contribution in [1.29, 1.82) is 0 Å². The van der Waals surface area contributed by atoms with Crippen LogP contribution in [-0.2, 0) is 10.1 Å². The molecule has 0 spiro atoms. The van der Waals surface area contributed by atoms with Gasteiger partial charge >= 0.3 is 29.6 Å². The Morgan fingerprint density at radius 3 is 1.30 bits per heavy atom. The van der Waals surface area contributed by atoms with Crippen LogP contribution in [0.25, 0.3) is 0 Å². The average Bonchev–Trinajstić information content (AvgIpc) is 2.67. The van der Waals surface area contributed by atoms with Gasteiger partial charge in [0.15, 0.2) is 0 Å². The van der Waals surface area contributed by atoms with Crippen LogP contribution in [0.3, 0.4) is 0 Å². The Morgan fingerprint density at radius 2 is 0.967 bits per heavy atom. The molecule has 0 fully saturated rings. The van der Waals surface area contributed by atoms with Crippen LogP contribution in [0.4, 0.5) is 0 Å². The van der Waals surface area contributed by atoms with Crippen LogP contribution in [0.5, 0.6) is 0 Å². The minimum absolute atomic E-state index is 0. The maximum Gasteiger partial charge on any atom is 1.00 e. The third-order valence-electron chi connectivity index (χ3n) is 6.07. The fourth-order valence-electron chi connectivity index (χ4n) is 4.02. The Hall–Kier alpha value is 0.870. The van der Waals surface area contributed by atoms with Crippen molar-refractivity contribution in [2.75, 3.05) is 0 Å². The molecule has 4 nitrogen and oxygen atoms in total. The van der Waals surface area contributed by atoms with Gasteiger partial charge in [-0.15, -0.1) is 0 Å². The molecule has 0 aliphatic carbocycles. The van der Waals surface area contributed by atoms with Gasteiger partial charge in [-0.1, -0.05) is 117 Å². The number of aliphatic hydroxyl groups excluding tert-OH is 1. The van der Waals surface area contributed by atoms with Crippen LogP contribution in [0.1, 0.15) is 142 Å². The van der Waals surface area contributed by atoms with Crippen LogP contribution < -0.4 is 29.6 Å². The molecular weight excluding hydrogens is 407 g/mol. The van der Waals surface area contributed by atoms with Crippen molar-refractivity contribution in [2.45, 2.75) is 154 Å². The van der Waals surface area contributed by atoms with Crippen molar-refractivity contribution in [2.24, 2.45) is 0 Å². The standard InChI is InChI=1S/C24H50O4S.Na/c1-3-5-17-20-23(25)21-18-15-13-11-9-7-6-8-10-12-14-16-19-22-24(4-2)29(26,27)28;/h23-25H,3-22H2,1-2H3,(H,26,27,28);/q;+1/p-1. The number of hydrogen-bond acceptors (Lipinski definition) is 4. The second kappa shape index (κ2) is 23.0. The Balaban J connectivity index is 0. The van der Waals surface area contributed by atoms with E-state index in [1.165, 1.54) is 83.5 Å². The molecular formula is C24H49NaO4S. The molecule has 2 unspecified atom stereocenters. The second-order valence-corrected chi connectivity index (χ2v) is 10.5. The first-order valence-corrected chi connectivity index (χ1v) is 14.0. The molecule has 0 saturated heterocycles.